The molecule has 0 unspecified atom stereocenters. The fourth-order valence-corrected chi connectivity index (χ4v) is 2.17. The molecule has 0 bridgehead atoms. The van der Waals surface area contributed by atoms with Gasteiger partial charge in [0, 0.05) is 17.8 Å². The molecule has 86 valence electrons. The number of hydrogen-bond donors (Lipinski definition) is 1. The summed E-state index contributed by atoms with van der Waals surface area (Å²) in [5, 5.41) is 2.44. The lowest BCUT2D eigenvalue weighted by Gasteiger charge is -1.98. The van der Waals surface area contributed by atoms with Gasteiger partial charge in [0.25, 0.3) is 0 Å². The van der Waals surface area contributed by atoms with Gasteiger partial charge in [0.1, 0.15) is 5.65 Å². The number of nitrogens with two attached hydrogens (primary N) is 1. The molecule has 0 saturated heterocycles. The number of imidazole rings is 1. The van der Waals surface area contributed by atoms with E-state index in [4.69, 9.17) is 5.73 Å². The first-order valence-electron chi connectivity index (χ1n) is 5.94. The lowest BCUT2D eigenvalue weighted by Crippen LogP contribution is -2.00. The van der Waals surface area contributed by atoms with Crippen molar-refractivity contribution in [1.82, 2.24) is 9.38 Å². The van der Waals surface area contributed by atoms with Gasteiger partial charge < -0.3 is 10.1 Å². The molecule has 2 aromatic heterocycles. The number of benzene rings is 1. The fraction of sp³-hybridized carbons (Fsp3) is 0.214. The summed E-state index contributed by atoms with van der Waals surface area (Å²) in [6.07, 6.45) is 6.10. The summed E-state index contributed by atoms with van der Waals surface area (Å²) in [7, 11) is 0. The van der Waals surface area contributed by atoms with Gasteiger partial charge in [-0.1, -0.05) is 24.3 Å². The highest BCUT2D eigenvalue weighted by Crippen LogP contribution is 2.19. The van der Waals surface area contributed by atoms with Crippen molar-refractivity contribution in [3.63, 3.8) is 0 Å². The molecule has 1 aromatic carbocycles. The van der Waals surface area contributed by atoms with Crippen LogP contribution in [0.15, 0.2) is 42.7 Å². The molecular formula is C14H15N3. The molecule has 0 saturated carbocycles. The minimum atomic E-state index is 0.717. The number of aromatic nitrogens is 2. The summed E-state index contributed by atoms with van der Waals surface area (Å²) >= 11 is 0. The monoisotopic (exact) mass is 225 g/mol. The molecule has 0 spiro atoms. The van der Waals surface area contributed by atoms with Crippen molar-refractivity contribution in [3.8, 4) is 0 Å². The van der Waals surface area contributed by atoms with Crippen molar-refractivity contribution >= 4 is 16.4 Å². The van der Waals surface area contributed by atoms with E-state index >= 15 is 0 Å². The number of rotatable bonds is 3. The Morgan fingerprint density at radius 2 is 2.06 bits per heavy atom. The summed E-state index contributed by atoms with van der Waals surface area (Å²) < 4.78 is 2.09. The molecule has 2 N–H and O–H groups in total. The summed E-state index contributed by atoms with van der Waals surface area (Å²) in [6.45, 7) is 0.717. The van der Waals surface area contributed by atoms with E-state index in [1.54, 1.807) is 0 Å². The molecule has 0 aliphatic carbocycles. The topological polar surface area (TPSA) is 43.3 Å². The molecule has 0 aliphatic rings. The first-order valence-corrected chi connectivity index (χ1v) is 5.94. The first kappa shape index (κ1) is 10.3. The van der Waals surface area contributed by atoms with Crippen LogP contribution in [0.5, 0.6) is 0 Å². The van der Waals surface area contributed by atoms with Gasteiger partial charge >= 0.3 is 0 Å². The van der Waals surface area contributed by atoms with Gasteiger partial charge in [0.2, 0.25) is 0 Å². The maximum atomic E-state index is 5.53. The number of nitrogens with zero attached hydrogens (tertiary/aromatic N) is 2. The minimum absolute atomic E-state index is 0.717. The van der Waals surface area contributed by atoms with E-state index in [9.17, 15) is 0 Å². The van der Waals surface area contributed by atoms with Crippen LogP contribution in [-0.2, 0) is 6.42 Å². The zero-order chi connectivity index (χ0) is 11.7. The Bertz CT molecular complexity index is 655. The Morgan fingerprint density at radius 1 is 1.18 bits per heavy atom. The highest BCUT2D eigenvalue weighted by Gasteiger charge is 2.04. The number of aryl methyl sites for hydroxylation is 1. The predicted molar refractivity (Wildman–Crippen MR) is 70.1 cm³/mol. The molecular weight excluding hydrogens is 210 g/mol. The molecule has 0 amide bonds. The van der Waals surface area contributed by atoms with E-state index in [0.29, 0.717) is 6.54 Å². The van der Waals surface area contributed by atoms with Crippen molar-refractivity contribution in [3.05, 3.63) is 48.4 Å². The molecule has 3 aromatic rings. The third-order valence-corrected chi connectivity index (χ3v) is 3.04. The predicted octanol–water partition coefficient (Wildman–Crippen LogP) is 2.38. The van der Waals surface area contributed by atoms with E-state index in [1.165, 1.54) is 10.8 Å². The second kappa shape index (κ2) is 4.18. The molecule has 3 nitrogen and oxygen atoms in total. The number of hydrogen-bond acceptors (Lipinski definition) is 2. The van der Waals surface area contributed by atoms with Crippen LogP contribution in [0.1, 0.15) is 12.1 Å². The zero-order valence-electron chi connectivity index (χ0n) is 9.63. The van der Waals surface area contributed by atoms with E-state index in [2.05, 4.69) is 52.1 Å². The summed E-state index contributed by atoms with van der Waals surface area (Å²) in [5.74, 6) is 0. The van der Waals surface area contributed by atoms with Gasteiger partial charge in [-0.05, 0) is 30.8 Å². The van der Waals surface area contributed by atoms with Crippen molar-refractivity contribution in [1.29, 1.82) is 0 Å². The summed E-state index contributed by atoms with van der Waals surface area (Å²) in [5.41, 5.74) is 7.68. The van der Waals surface area contributed by atoms with Gasteiger partial charge in [-0.2, -0.15) is 0 Å². The van der Waals surface area contributed by atoms with Crippen LogP contribution in [0, 0.1) is 0 Å². The smallest absolute Gasteiger partial charge is 0.144 e. The maximum absolute atomic E-state index is 5.53. The van der Waals surface area contributed by atoms with Crippen molar-refractivity contribution in [2.24, 2.45) is 5.73 Å². The molecule has 0 fully saturated rings. The molecule has 3 heteroatoms. The Morgan fingerprint density at radius 3 is 2.94 bits per heavy atom. The Balaban J connectivity index is 2.17. The normalized spacial score (nSPS) is 11.4. The van der Waals surface area contributed by atoms with Crippen LogP contribution < -0.4 is 5.73 Å². The Labute approximate surface area is 99.9 Å². The molecule has 0 atom stereocenters. The fourth-order valence-electron chi connectivity index (χ4n) is 2.17. The van der Waals surface area contributed by atoms with E-state index in [-0.39, 0.29) is 0 Å². The second-order valence-corrected chi connectivity index (χ2v) is 4.26. The van der Waals surface area contributed by atoms with Crippen LogP contribution in [0.2, 0.25) is 0 Å². The van der Waals surface area contributed by atoms with Crippen LogP contribution in [0.4, 0.5) is 0 Å². The van der Waals surface area contributed by atoms with Gasteiger partial charge in [0.15, 0.2) is 0 Å². The zero-order valence-corrected chi connectivity index (χ0v) is 9.63. The standard InChI is InChI=1S/C14H15N3/c15-8-3-5-12-10-17-9-7-11-4-1-2-6-13(11)14(17)16-12/h1-2,4,6-7,9-10H,3,5,8,15H2. The quantitative estimate of drug-likeness (QED) is 0.743. The molecule has 0 radical (unpaired) electrons. The van der Waals surface area contributed by atoms with Gasteiger partial charge in [-0.3, -0.25) is 0 Å². The van der Waals surface area contributed by atoms with Crippen molar-refractivity contribution < 1.29 is 0 Å². The lowest BCUT2D eigenvalue weighted by molar-refractivity contribution is 0.816. The molecule has 2 heterocycles. The second-order valence-electron chi connectivity index (χ2n) is 4.26. The Kier molecular flexibility index (Phi) is 2.53. The van der Waals surface area contributed by atoms with E-state index in [0.717, 1.165) is 24.2 Å². The number of pyridine rings is 1. The highest BCUT2D eigenvalue weighted by molar-refractivity contribution is 5.93. The van der Waals surface area contributed by atoms with Crippen LogP contribution >= 0.6 is 0 Å². The molecule has 17 heavy (non-hydrogen) atoms. The molecule has 0 aliphatic heterocycles. The molecule has 3 rings (SSSR count). The Hall–Kier alpha value is -1.87. The average Bonchev–Trinajstić information content (AvgIpc) is 2.79. The minimum Gasteiger partial charge on any atom is -0.330 e. The SMILES string of the molecule is NCCCc1cn2ccc3ccccc3c2n1. The third-order valence-electron chi connectivity index (χ3n) is 3.04. The van der Waals surface area contributed by atoms with Crippen molar-refractivity contribution in [2.45, 2.75) is 12.8 Å². The van der Waals surface area contributed by atoms with E-state index < -0.39 is 0 Å². The third kappa shape index (κ3) is 1.78. The van der Waals surface area contributed by atoms with Crippen molar-refractivity contribution in [2.75, 3.05) is 6.54 Å². The first-order chi connectivity index (χ1) is 8.38. The van der Waals surface area contributed by atoms with Crippen LogP contribution in [0.3, 0.4) is 0 Å². The largest absolute Gasteiger partial charge is 0.330 e. The van der Waals surface area contributed by atoms with Gasteiger partial charge in [0.05, 0.1) is 5.69 Å². The number of fused-ring (bicyclic) bond motifs is 3. The van der Waals surface area contributed by atoms with Gasteiger partial charge in [-0.25, -0.2) is 4.98 Å². The summed E-state index contributed by atoms with van der Waals surface area (Å²) in [6, 6.07) is 10.5. The summed E-state index contributed by atoms with van der Waals surface area (Å²) in [4.78, 5) is 4.69. The van der Waals surface area contributed by atoms with Crippen LogP contribution in [-0.4, -0.2) is 15.9 Å². The van der Waals surface area contributed by atoms with E-state index in [1.807, 2.05) is 0 Å². The maximum Gasteiger partial charge on any atom is 0.144 e. The van der Waals surface area contributed by atoms with Crippen LogP contribution in [0.25, 0.3) is 16.4 Å². The lowest BCUT2D eigenvalue weighted by atomic mass is 10.2. The average molecular weight is 225 g/mol. The highest BCUT2D eigenvalue weighted by atomic mass is 15.0. The van der Waals surface area contributed by atoms with Gasteiger partial charge in [-0.15, -0.1) is 0 Å².